The van der Waals surface area contributed by atoms with Crippen molar-refractivity contribution >= 4 is 18.0 Å². The molecule has 6 nitrogen and oxygen atoms in total. The number of rotatable bonds is 5. The summed E-state index contributed by atoms with van der Waals surface area (Å²) in [6.45, 7) is 1.68. The average Bonchev–Trinajstić information content (AvgIpc) is 2.52. The number of nitrogens with zero attached hydrogens (tertiary/aromatic N) is 1. The van der Waals surface area contributed by atoms with Gasteiger partial charge in [-0.05, 0) is 23.8 Å². The van der Waals surface area contributed by atoms with Gasteiger partial charge in [0.05, 0.1) is 14.2 Å². The van der Waals surface area contributed by atoms with Crippen molar-refractivity contribution in [1.29, 1.82) is 5.26 Å². The Morgan fingerprint density at radius 2 is 2.00 bits per heavy atom. The van der Waals surface area contributed by atoms with Gasteiger partial charge in [0.25, 0.3) is 0 Å². The molecular weight excluding hydrogens is 274 g/mol. The first-order valence-corrected chi connectivity index (χ1v) is 6.14. The van der Waals surface area contributed by atoms with Crippen LogP contribution in [0.1, 0.15) is 18.9 Å². The van der Waals surface area contributed by atoms with Crippen molar-refractivity contribution in [3.63, 3.8) is 0 Å². The zero-order valence-electron chi connectivity index (χ0n) is 12.0. The summed E-state index contributed by atoms with van der Waals surface area (Å²) < 4.78 is 14.7. The maximum absolute atomic E-state index is 11.3. The van der Waals surface area contributed by atoms with E-state index in [-0.39, 0.29) is 23.7 Å². The summed E-state index contributed by atoms with van der Waals surface area (Å²) >= 11 is 0. The zero-order chi connectivity index (χ0) is 15.8. The molecule has 0 spiro atoms. The molecule has 0 unspecified atom stereocenters. The fourth-order valence-electron chi connectivity index (χ4n) is 1.47. The minimum absolute atomic E-state index is 0.141. The van der Waals surface area contributed by atoms with Gasteiger partial charge in [0.1, 0.15) is 11.6 Å². The summed E-state index contributed by atoms with van der Waals surface area (Å²) in [6, 6.07) is 6.44. The largest absolute Gasteiger partial charge is 0.493 e. The highest BCUT2D eigenvalue weighted by Crippen LogP contribution is 2.29. The molecule has 0 bridgehead atoms. The lowest BCUT2D eigenvalue weighted by Crippen LogP contribution is -2.06. The molecule has 0 aliphatic heterocycles. The van der Waals surface area contributed by atoms with Gasteiger partial charge < -0.3 is 14.2 Å². The van der Waals surface area contributed by atoms with E-state index >= 15 is 0 Å². The van der Waals surface area contributed by atoms with Crippen LogP contribution in [-0.2, 0) is 14.3 Å². The third-order valence-corrected chi connectivity index (χ3v) is 2.54. The standard InChI is InChI=1S/C15H15NO5/c1-4-14(17)21-12-6-5-10(8-13(12)19-2)7-11(9-16)15(18)20-3/h5-8H,4H2,1-3H3. The van der Waals surface area contributed by atoms with Crippen molar-refractivity contribution in [3.8, 4) is 17.6 Å². The highest BCUT2D eigenvalue weighted by molar-refractivity contribution is 5.97. The van der Waals surface area contributed by atoms with Gasteiger partial charge in [0.2, 0.25) is 0 Å². The molecule has 1 rings (SSSR count). The molecule has 110 valence electrons. The van der Waals surface area contributed by atoms with Crippen LogP contribution in [0.2, 0.25) is 0 Å². The Balaban J connectivity index is 3.13. The van der Waals surface area contributed by atoms with Gasteiger partial charge in [-0.25, -0.2) is 4.79 Å². The molecule has 0 amide bonds. The Kier molecular flexibility index (Phi) is 5.96. The minimum atomic E-state index is -0.724. The summed E-state index contributed by atoms with van der Waals surface area (Å²) in [7, 11) is 2.62. The van der Waals surface area contributed by atoms with Crippen LogP contribution < -0.4 is 9.47 Å². The molecule has 21 heavy (non-hydrogen) atoms. The first-order valence-electron chi connectivity index (χ1n) is 6.14. The van der Waals surface area contributed by atoms with Crippen LogP contribution in [-0.4, -0.2) is 26.2 Å². The third kappa shape index (κ3) is 4.35. The molecule has 0 aliphatic carbocycles. The Morgan fingerprint density at radius 1 is 1.29 bits per heavy atom. The Labute approximate surface area is 122 Å². The van der Waals surface area contributed by atoms with Crippen LogP contribution in [0.4, 0.5) is 0 Å². The van der Waals surface area contributed by atoms with Crippen LogP contribution in [0.15, 0.2) is 23.8 Å². The normalized spacial score (nSPS) is 10.5. The van der Waals surface area contributed by atoms with Crippen molar-refractivity contribution in [1.82, 2.24) is 0 Å². The van der Waals surface area contributed by atoms with E-state index in [0.717, 1.165) is 0 Å². The average molecular weight is 289 g/mol. The predicted molar refractivity (Wildman–Crippen MR) is 74.5 cm³/mol. The lowest BCUT2D eigenvalue weighted by Gasteiger charge is -2.09. The molecule has 6 heteroatoms. The molecule has 0 N–H and O–H groups in total. The van der Waals surface area contributed by atoms with Gasteiger partial charge in [-0.3, -0.25) is 4.79 Å². The van der Waals surface area contributed by atoms with E-state index in [9.17, 15) is 9.59 Å². The van der Waals surface area contributed by atoms with Crippen LogP contribution in [0.3, 0.4) is 0 Å². The molecule has 0 radical (unpaired) electrons. The quantitative estimate of drug-likeness (QED) is 0.357. The third-order valence-electron chi connectivity index (χ3n) is 2.54. The number of carbonyl (C=O) groups is 2. The molecule has 1 aromatic rings. The van der Waals surface area contributed by atoms with E-state index in [1.807, 2.05) is 0 Å². The number of esters is 2. The van der Waals surface area contributed by atoms with Crippen LogP contribution in [0.25, 0.3) is 6.08 Å². The summed E-state index contributed by atoms with van der Waals surface area (Å²) in [4.78, 5) is 22.6. The number of carbonyl (C=O) groups excluding carboxylic acids is 2. The van der Waals surface area contributed by atoms with E-state index in [1.54, 1.807) is 25.1 Å². The predicted octanol–water partition coefficient (Wildman–Crippen LogP) is 2.09. The second kappa shape index (κ2) is 7.70. The fourth-order valence-corrected chi connectivity index (χ4v) is 1.47. The number of hydrogen-bond donors (Lipinski definition) is 0. The van der Waals surface area contributed by atoms with Gasteiger partial charge in [-0.15, -0.1) is 0 Å². The summed E-state index contributed by atoms with van der Waals surface area (Å²) in [5.74, 6) is -0.507. The highest BCUT2D eigenvalue weighted by atomic mass is 16.6. The maximum atomic E-state index is 11.3. The summed E-state index contributed by atoms with van der Waals surface area (Å²) in [5.41, 5.74) is 0.406. The van der Waals surface area contributed by atoms with E-state index in [4.69, 9.17) is 14.7 Å². The van der Waals surface area contributed by atoms with Crippen LogP contribution in [0.5, 0.6) is 11.5 Å². The second-order valence-corrected chi connectivity index (χ2v) is 3.90. The molecule has 0 aromatic heterocycles. The van der Waals surface area contributed by atoms with Crippen LogP contribution in [0, 0.1) is 11.3 Å². The van der Waals surface area contributed by atoms with Crippen molar-refractivity contribution in [2.45, 2.75) is 13.3 Å². The van der Waals surface area contributed by atoms with Gasteiger partial charge in [0, 0.05) is 6.42 Å². The van der Waals surface area contributed by atoms with Crippen molar-refractivity contribution < 1.29 is 23.8 Å². The Bertz CT molecular complexity index is 613. The monoisotopic (exact) mass is 289 g/mol. The second-order valence-electron chi connectivity index (χ2n) is 3.90. The van der Waals surface area contributed by atoms with Crippen molar-refractivity contribution in [2.75, 3.05) is 14.2 Å². The fraction of sp³-hybridized carbons (Fsp3) is 0.267. The molecule has 0 fully saturated rings. The maximum Gasteiger partial charge on any atom is 0.348 e. The van der Waals surface area contributed by atoms with E-state index < -0.39 is 5.97 Å². The van der Waals surface area contributed by atoms with E-state index in [2.05, 4.69) is 4.74 Å². The smallest absolute Gasteiger partial charge is 0.348 e. The SMILES string of the molecule is CCC(=O)Oc1ccc(C=C(C#N)C(=O)OC)cc1OC. The Morgan fingerprint density at radius 3 is 2.52 bits per heavy atom. The number of ether oxygens (including phenoxy) is 3. The van der Waals surface area contributed by atoms with Crippen LogP contribution >= 0.6 is 0 Å². The van der Waals surface area contributed by atoms with E-state index in [1.165, 1.54) is 26.4 Å². The van der Waals surface area contributed by atoms with Gasteiger partial charge >= 0.3 is 11.9 Å². The summed E-state index contributed by atoms with van der Waals surface area (Å²) in [6.07, 6.45) is 1.60. The number of hydrogen-bond acceptors (Lipinski definition) is 6. The first-order chi connectivity index (χ1) is 10.0. The van der Waals surface area contributed by atoms with Crippen molar-refractivity contribution in [3.05, 3.63) is 29.3 Å². The molecule has 0 aliphatic rings. The summed E-state index contributed by atoms with van der Waals surface area (Å²) in [5, 5.41) is 8.90. The zero-order valence-corrected chi connectivity index (χ0v) is 12.0. The van der Waals surface area contributed by atoms with Gasteiger partial charge in [-0.1, -0.05) is 13.0 Å². The van der Waals surface area contributed by atoms with E-state index in [0.29, 0.717) is 11.3 Å². The number of nitriles is 1. The number of benzene rings is 1. The molecule has 1 aromatic carbocycles. The molecule has 0 atom stereocenters. The molecular formula is C15H15NO5. The van der Waals surface area contributed by atoms with Gasteiger partial charge in [0.15, 0.2) is 11.5 Å². The molecule has 0 saturated carbocycles. The lowest BCUT2D eigenvalue weighted by atomic mass is 10.1. The number of methoxy groups -OCH3 is 2. The Hall–Kier alpha value is -2.81. The van der Waals surface area contributed by atoms with Crippen molar-refractivity contribution in [2.24, 2.45) is 0 Å². The first kappa shape index (κ1) is 16.2. The highest BCUT2D eigenvalue weighted by Gasteiger charge is 2.12. The topological polar surface area (TPSA) is 85.6 Å². The molecule has 0 saturated heterocycles. The molecule has 0 heterocycles. The van der Waals surface area contributed by atoms with Gasteiger partial charge in [-0.2, -0.15) is 5.26 Å². The minimum Gasteiger partial charge on any atom is -0.493 e. The lowest BCUT2D eigenvalue weighted by molar-refractivity contribution is -0.135.